The van der Waals surface area contributed by atoms with Crippen molar-refractivity contribution in [3.05, 3.63) is 53.0 Å². The molecule has 3 aromatic rings. The minimum absolute atomic E-state index is 0.166. The van der Waals surface area contributed by atoms with E-state index in [1.807, 2.05) is 24.5 Å². The number of thiophene rings is 1. The molecule has 0 aliphatic heterocycles. The van der Waals surface area contributed by atoms with Crippen molar-refractivity contribution in [2.24, 2.45) is 5.73 Å². The number of nitrogens with zero attached hydrogens (tertiary/aromatic N) is 2. The van der Waals surface area contributed by atoms with Crippen LogP contribution in [0.4, 0.5) is 0 Å². The lowest BCUT2D eigenvalue weighted by molar-refractivity contribution is 0.529. The number of hydrogen-bond acceptors (Lipinski definition) is 3. The zero-order valence-corrected chi connectivity index (χ0v) is 11.5. The number of nitrogens with two attached hydrogens (primary N) is 1. The molecular weight excluding hydrogens is 254 g/mol. The summed E-state index contributed by atoms with van der Waals surface area (Å²) in [6.45, 7) is 0.825. The normalized spacial score (nSPS) is 12.9. The molecule has 0 fully saturated rings. The topological polar surface area (TPSA) is 43.8 Å². The Hall–Kier alpha value is -1.65. The summed E-state index contributed by atoms with van der Waals surface area (Å²) in [5.41, 5.74) is 8.42. The molecule has 0 aliphatic carbocycles. The van der Waals surface area contributed by atoms with Crippen LogP contribution in [0.25, 0.3) is 11.0 Å². The van der Waals surface area contributed by atoms with Gasteiger partial charge in [-0.25, -0.2) is 4.98 Å². The Morgan fingerprint density at radius 1 is 1.21 bits per heavy atom. The molecule has 0 amide bonds. The number of fused-ring (bicyclic) bond motifs is 1. The Labute approximate surface area is 116 Å². The quantitative estimate of drug-likeness (QED) is 0.775. The van der Waals surface area contributed by atoms with E-state index in [1.54, 1.807) is 11.3 Å². The van der Waals surface area contributed by atoms with Crippen LogP contribution in [0.3, 0.4) is 0 Å². The fourth-order valence-corrected chi connectivity index (χ4v) is 3.01. The molecule has 3 nitrogen and oxygen atoms in total. The molecule has 1 aromatic carbocycles. The van der Waals surface area contributed by atoms with Crippen molar-refractivity contribution in [2.75, 3.05) is 0 Å². The second-order valence-corrected chi connectivity index (χ2v) is 5.80. The summed E-state index contributed by atoms with van der Waals surface area (Å²) in [6, 6.07) is 12.6. The molecule has 0 aliphatic rings. The molecule has 2 aromatic heterocycles. The zero-order valence-electron chi connectivity index (χ0n) is 10.7. The van der Waals surface area contributed by atoms with Gasteiger partial charge in [0.1, 0.15) is 0 Å². The lowest BCUT2D eigenvalue weighted by Gasteiger charge is -2.12. The molecule has 98 valence electrons. The van der Waals surface area contributed by atoms with E-state index in [0.717, 1.165) is 30.4 Å². The number of hydrogen-bond donors (Lipinski definition) is 1. The van der Waals surface area contributed by atoms with E-state index in [2.05, 4.69) is 33.1 Å². The highest BCUT2D eigenvalue weighted by atomic mass is 32.1. The summed E-state index contributed by atoms with van der Waals surface area (Å²) in [6.07, 6.45) is 3.95. The lowest BCUT2D eigenvalue weighted by atomic mass is 10.1. The van der Waals surface area contributed by atoms with Crippen LogP contribution < -0.4 is 5.73 Å². The van der Waals surface area contributed by atoms with Gasteiger partial charge in [0.05, 0.1) is 17.4 Å². The van der Waals surface area contributed by atoms with Gasteiger partial charge in [0.25, 0.3) is 0 Å². The van der Waals surface area contributed by atoms with Crippen molar-refractivity contribution >= 4 is 22.4 Å². The van der Waals surface area contributed by atoms with Gasteiger partial charge in [0, 0.05) is 17.5 Å². The third-order valence-corrected chi connectivity index (χ3v) is 4.24. The van der Waals surface area contributed by atoms with E-state index in [0.29, 0.717) is 0 Å². The molecule has 2 N–H and O–H groups in total. The summed E-state index contributed by atoms with van der Waals surface area (Å²) < 4.78 is 2.15. The number of rotatable bonds is 5. The highest BCUT2D eigenvalue weighted by Crippen LogP contribution is 2.15. The Morgan fingerprint density at radius 2 is 2.11 bits per heavy atom. The third-order valence-electron chi connectivity index (χ3n) is 3.30. The van der Waals surface area contributed by atoms with Gasteiger partial charge in [0.15, 0.2) is 0 Å². The van der Waals surface area contributed by atoms with Crippen LogP contribution >= 0.6 is 11.3 Å². The van der Waals surface area contributed by atoms with E-state index in [1.165, 1.54) is 4.88 Å². The third kappa shape index (κ3) is 2.85. The minimum atomic E-state index is 0.166. The molecule has 1 unspecified atom stereocenters. The monoisotopic (exact) mass is 271 g/mol. The van der Waals surface area contributed by atoms with Crippen LogP contribution in [0.5, 0.6) is 0 Å². The van der Waals surface area contributed by atoms with E-state index in [9.17, 15) is 0 Å². The molecule has 3 rings (SSSR count). The first-order chi connectivity index (χ1) is 9.33. The smallest absolute Gasteiger partial charge is 0.0958 e. The fraction of sp³-hybridized carbons (Fsp3) is 0.267. The van der Waals surface area contributed by atoms with Crippen molar-refractivity contribution in [3.63, 3.8) is 0 Å². The maximum Gasteiger partial charge on any atom is 0.0958 e. The molecule has 0 saturated carbocycles. The Morgan fingerprint density at radius 3 is 2.95 bits per heavy atom. The Bertz CT molecular complexity index is 642. The summed E-state index contributed by atoms with van der Waals surface area (Å²) in [5.74, 6) is 0. The van der Waals surface area contributed by atoms with E-state index < -0.39 is 0 Å². The SMILES string of the molecule is NC(CCc1cccs1)Cn1cnc2ccccc21. The zero-order chi connectivity index (χ0) is 13.1. The van der Waals surface area contributed by atoms with Gasteiger partial charge in [-0.15, -0.1) is 11.3 Å². The number of imidazole rings is 1. The molecule has 0 spiro atoms. The highest BCUT2D eigenvalue weighted by molar-refractivity contribution is 7.09. The maximum absolute atomic E-state index is 6.23. The van der Waals surface area contributed by atoms with Gasteiger partial charge in [-0.05, 0) is 36.4 Å². The largest absolute Gasteiger partial charge is 0.329 e. The average molecular weight is 271 g/mol. The summed E-state index contributed by atoms with van der Waals surface area (Å²) in [7, 11) is 0. The van der Waals surface area contributed by atoms with Crippen molar-refractivity contribution in [1.82, 2.24) is 9.55 Å². The summed E-state index contributed by atoms with van der Waals surface area (Å²) in [4.78, 5) is 5.80. The fourth-order valence-electron chi connectivity index (χ4n) is 2.28. The Kier molecular flexibility index (Phi) is 3.62. The number of para-hydroxylation sites is 2. The molecule has 2 heterocycles. The van der Waals surface area contributed by atoms with Crippen molar-refractivity contribution in [3.8, 4) is 0 Å². The number of aryl methyl sites for hydroxylation is 1. The molecule has 0 radical (unpaired) electrons. The predicted molar refractivity (Wildman–Crippen MR) is 80.3 cm³/mol. The van der Waals surface area contributed by atoms with Crippen LogP contribution in [0.1, 0.15) is 11.3 Å². The van der Waals surface area contributed by atoms with Gasteiger partial charge < -0.3 is 10.3 Å². The molecule has 0 saturated heterocycles. The first kappa shape index (κ1) is 12.4. The van der Waals surface area contributed by atoms with Crippen molar-refractivity contribution in [2.45, 2.75) is 25.4 Å². The maximum atomic E-state index is 6.23. The van der Waals surface area contributed by atoms with Crippen LogP contribution in [-0.4, -0.2) is 15.6 Å². The second-order valence-electron chi connectivity index (χ2n) is 4.76. The van der Waals surface area contributed by atoms with Crippen molar-refractivity contribution in [1.29, 1.82) is 0 Å². The molecule has 19 heavy (non-hydrogen) atoms. The standard InChI is InChI=1S/C15H17N3S/c16-12(7-8-13-4-3-9-19-13)10-18-11-17-14-5-1-2-6-15(14)18/h1-6,9,11-12H,7-8,10,16H2. The minimum Gasteiger partial charge on any atom is -0.329 e. The summed E-state index contributed by atoms with van der Waals surface area (Å²) >= 11 is 1.80. The van der Waals surface area contributed by atoms with Crippen LogP contribution in [0.15, 0.2) is 48.1 Å². The van der Waals surface area contributed by atoms with Crippen molar-refractivity contribution < 1.29 is 0 Å². The van der Waals surface area contributed by atoms with Gasteiger partial charge in [-0.1, -0.05) is 18.2 Å². The van der Waals surface area contributed by atoms with Gasteiger partial charge in [-0.2, -0.15) is 0 Å². The first-order valence-electron chi connectivity index (χ1n) is 6.51. The molecule has 1 atom stereocenters. The van der Waals surface area contributed by atoms with E-state index in [-0.39, 0.29) is 6.04 Å². The summed E-state index contributed by atoms with van der Waals surface area (Å²) in [5, 5.41) is 2.12. The average Bonchev–Trinajstić information content (AvgIpc) is 3.07. The molecule has 0 bridgehead atoms. The van der Waals surface area contributed by atoms with Crippen LogP contribution in [0.2, 0.25) is 0 Å². The van der Waals surface area contributed by atoms with Crippen LogP contribution in [-0.2, 0) is 13.0 Å². The second kappa shape index (κ2) is 5.55. The van der Waals surface area contributed by atoms with E-state index >= 15 is 0 Å². The van der Waals surface area contributed by atoms with Crippen LogP contribution in [0, 0.1) is 0 Å². The predicted octanol–water partition coefficient (Wildman–Crippen LogP) is 3.06. The van der Waals surface area contributed by atoms with Gasteiger partial charge >= 0.3 is 0 Å². The highest BCUT2D eigenvalue weighted by Gasteiger charge is 2.07. The number of aromatic nitrogens is 2. The van der Waals surface area contributed by atoms with Gasteiger partial charge in [-0.3, -0.25) is 0 Å². The van der Waals surface area contributed by atoms with E-state index in [4.69, 9.17) is 5.73 Å². The van der Waals surface area contributed by atoms with Gasteiger partial charge in [0.2, 0.25) is 0 Å². The number of benzene rings is 1. The molecular formula is C15H17N3S. The molecule has 4 heteroatoms. The Balaban J connectivity index is 1.64. The lowest BCUT2D eigenvalue weighted by Crippen LogP contribution is -2.26. The first-order valence-corrected chi connectivity index (χ1v) is 7.39.